The lowest BCUT2D eigenvalue weighted by molar-refractivity contribution is -0.131. The van der Waals surface area contributed by atoms with Gasteiger partial charge in [-0.05, 0) is 13.8 Å². The zero-order valence-electron chi connectivity index (χ0n) is 8.03. The molecule has 0 unspecified atom stereocenters. The molecule has 1 saturated heterocycles. The number of hydrogen-bond donors (Lipinski definition) is 0. The second-order valence-corrected chi connectivity index (χ2v) is 6.20. The Morgan fingerprint density at radius 3 is 2.43 bits per heavy atom. The SMILES string of the molecule is CC1(C)C(=O)N(C/C=C/CCl)S1(=O)=O. The van der Waals surface area contributed by atoms with Crippen molar-refractivity contribution in [3.63, 3.8) is 0 Å². The highest BCUT2D eigenvalue weighted by Crippen LogP contribution is 2.34. The molecule has 14 heavy (non-hydrogen) atoms. The van der Waals surface area contributed by atoms with Crippen molar-refractivity contribution in [2.75, 3.05) is 12.4 Å². The Morgan fingerprint density at radius 2 is 2.00 bits per heavy atom. The summed E-state index contributed by atoms with van der Waals surface area (Å²) < 4.78 is 22.6. The largest absolute Gasteiger partial charge is 0.272 e. The second kappa shape index (κ2) is 3.55. The average molecular weight is 238 g/mol. The Labute approximate surface area is 88.6 Å². The lowest BCUT2D eigenvalue weighted by atomic mass is 10.2. The minimum atomic E-state index is -3.44. The van der Waals surface area contributed by atoms with E-state index in [1.54, 1.807) is 12.2 Å². The van der Waals surface area contributed by atoms with E-state index < -0.39 is 14.8 Å². The van der Waals surface area contributed by atoms with Gasteiger partial charge in [-0.1, -0.05) is 12.2 Å². The van der Waals surface area contributed by atoms with E-state index in [1.165, 1.54) is 13.8 Å². The Morgan fingerprint density at radius 1 is 1.43 bits per heavy atom. The van der Waals surface area contributed by atoms with Crippen molar-refractivity contribution in [2.45, 2.75) is 18.6 Å². The van der Waals surface area contributed by atoms with E-state index in [0.717, 1.165) is 4.31 Å². The van der Waals surface area contributed by atoms with Gasteiger partial charge in [-0.3, -0.25) is 4.79 Å². The number of amides is 1. The summed E-state index contributed by atoms with van der Waals surface area (Å²) >= 11 is 5.37. The van der Waals surface area contributed by atoms with E-state index in [0.29, 0.717) is 5.88 Å². The molecule has 1 heterocycles. The highest BCUT2D eigenvalue weighted by molar-refractivity contribution is 7.94. The Balaban J connectivity index is 2.77. The maximum Gasteiger partial charge on any atom is 0.259 e. The molecule has 0 atom stereocenters. The highest BCUT2D eigenvalue weighted by Gasteiger charge is 2.59. The predicted octanol–water partition coefficient (Wildman–Crippen LogP) is 0.732. The number of carbonyl (C=O) groups excluding carboxylic acids is 1. The standard InChI is InChI=1S/C8H12ClNO3S/c1-8(2)7(11)10(14(8,12)13)6-4-3-5-9/h3-4H,5-6H2,1-2H3/b4-3+. The highest BCUT2D eigenvalue weighted by atomic mass is 35.5. The van der Waals surface area contributed by atoms with Crippen molar-refractivity contribution >= 4 is 27.5 Å². The van der Waals surface area contributed by atoms with Crippen LogP contribution in [0.2, 0.25) is 0 Å². The molecule has 1 aliphatic rings. The molecule has 0 aromatic rings. The molecule has 0 radical (unpaired) electrons. The number of nitrogens with zero attached hydrogens (tertiary/aromatic N) is 1. The molecule has 6 heteroatoms. The molecule has 0 aromatic heterocycles. The Kier molecular flexibility index (Phi) is 2.92. The van der Waals surface area contributed by atoms with Crippen LogP contribution in [0.25, 0.3) is 0 Å². The molecule has 0 spiro atoms. The molecule has 80 valence electrons. The summed E-state index contributed by atoms with van der Waals surface area (Å²) in [4.78, 5) is 11.4. The van der Waals surface area contributed by atoms with E-state index in [4.69, 9.17) is 11.6 Å². The van der Waals surface area contributed by atoms with Crippen molar-refractivity contribution in [1.82, 2.24) is 4.31 Å². The minimum Gasteiger partial charge on any atom is -0.272 e. The number of carbonyl (C=O) groups is 1. The fourth-order valence-corrected chi connectivity index (χ4v) is 2.78. The van der Waals surface area contributed by atoms with Gasteiger partial charge in [0.05, 0.1) is 6.54 Å². The first-order valence-corrected chi connectivity index (χ1v) is 6.11. The lowest BCUT2D eigenvalue weighted by Gasteiger charge is -2.42. The summed E-state index contributed by atoms with van der Waals surface area (Å²) in [6.45, 7) is 2.90. The number of halogens is 1. The zero-order chi connectivity index (χ0) is 11.0. The molecule has 0 aliphatic carbocycles. The molecule has 1 amide bonds. The number of allylic oxidation sites excluding steroid dienone is 1. The topological polar surface area (TPSA) is 54.5 Å². The van der Waals surface area contributed by atoms with Gasteiger partial charge in [0.2, 0.25) is 0 Å². The molecule has 4 nitrogen and oxygen atoms in total. The molecule has 0 bridgehead atoms. The van der Waals surface area contributed by atoms with Gasteiger partial charge in [-0.25, -0.2) is 12.7 Å². The summed E-state index contributed by atoms with van der Waals surface area (Å²) in [6.07, 6.45) is 3.17. The summed E-state index contributed by atoms with van der Waals surface area (Å²) in [5.74, 6) is -0.0532. The van der Waals surface area contributed by atoms with Crippen LogP contribution in [0.4, 0.5) is 0 Å². The first-order chi connectivity index (χ1) is 6.35. The third-order valence-electron chi connectivity index (χ3n) is 2.20. The van der Waals surface area contributed by atoms with Gasteiger partial charge in [-0.2, -0.15) is 0 Å². The van der Waals surface area contributed by atoms with Crippen LogP contribution in [0.5, 0.6) is 0 Å². The van der Waals surface area contributed by atoms with Gasteiger partial charge < -0.3 is 0 Å². The van der Waals surface area contributed by atoms with E-state index >= 15 is 0 Å². The number of rotatable bonds is 3. The van der Waals surface area contributed by atoms with Crippen molar-refractivity contribution in [3.05, 3.63) is 12.2 Å². The van der Waals surface area contributed by atoms with Gasteiger partial charge in [-0.15, -0.1) is 11.6 Å². The molecular weight excluding hydrogens is 226 g/mol. The quantitative estimate of drug-likeness (QED) is 0.537. The van der Waals surface area contributed by atoms with E-state index in [2.05, 4.69) is 0 Å². The second-order valence-electron chi connectivity index (χ2n) is 3.48. The first-order valence-electron chi connectivity index (χ1n) is 4.13. The fraction of sp³-hybridized carbons (Fsp3) is 0.625. The molecule has 0 N–H and O–H groups in total. The van der Waals surface area contributed by atoms with Crippen LogP contribution in [-0.4, -0.2) is 35.8 Å². The number of alkyl halides is 1. The van der Waals surface area contributed by atoms with E-state index in [9.17, 15) is 13.2 Å². The van der Waals surface area contributed by atoms with Crippen LogP contribution in [0.3, 0.4) is 0 Å². The minimum absolute atomic E-state index is 0.0807. The summed E-state index contributed by atoms with van der Waals surface area (Å²) in [6, 6.07) is 0. The zero-order valence-corrected chi connectivity index (χ0v) is 9.60. The number of sulfonamides is 1. The van der Waals surface area contributed by atoms with Gasteiger partial charge in [0.25, 0.3) is 15.9 Å². The van der Waals surface area contributed by atoms with Crippen molar-refractivity contribution < 1.29 is 13.2 Å². The number of hydrogen-bond acceptors (Lipinski definition) is 3. The third kappa shape index (κ3) is 1.44. The normalized spacial score (nSPS) is 23.9. The smallest absolute Gasteiger partial charge is 0.259 e. The van der Waals surface area contributed by atoms with Crippen LogP contribution < -0.4 is 0 Å². The Bertz CT molecular complexity index is 372. The molecule has 1 fully saturated rings. The van der Waals surface area contributed by atoms with Crippen LogP contribution in [0.15, 0.2) is 12.2 Å². The van der Waals surface area contributed by atoms with Crippen LogP contribution >= 0.6 is 11.6 Å². The summed E-state index contributed by atoms with van der Waals surface area (Å²) in [5, 5.41) is 0. The van der Waals surface area contributed by atoms with Gasteiger partial charge in [0.15, 0.2) is 4.75 Å². The molecule has 1 aliphatic heterocycles. The lowest BCUT2D eigenvalue weighted by Crippen LogP contribution is -2.67. The van der Waals surface area contributed by atoms with Gasteiger partial charge in [0.1, 0.15) is 0 Å². The van der Waals surface area contributed by atoms with Crippen molar-refractivity contribution in [1.29, 1.82) is 0 Å². The van der Waals surface area contributed by atoms with E-state index in [-0.39, 0.29) is 12.5 Å². The first kappa shape index (κ1) is 11.5. The van der Waals surface area contributed by atoms with Gasteiger partial charge in [0, 0.05) is 5.88 Å². The monoisotopic (exact) mass is 237 g/mol. The molecule has 0 saturated carbocycles. The molecule has 0 aromatic carbocycles. The summed E-state index contributed by atoms with van der Waals surface area (Å²) in [5.41, 5.74) is 0. The molecule has 1 rings (SSSR count). The van der Waals surface area contributed by atoms with Crippen molar-refractivity contribution in [2.24, 2.45) is 0 Å². The maximum atomic E-state index is 11.5. The molecular formula is C8H12ClNO3S. The fourth-order valence-electron chi connectivity index (χ4n) is 1.17. The van der Waals surface area contributed by atoms with E-state index in [1.807, 2.05) is 0 Å². The average Bonchev–Trinajstić information content (AvgIpc) is 2.11. The maximum absolute atomic E-state index is 11.5. The summed E-state index contributed by atoms with van der Waals surface area (Å²) in [7, 11) is -3.44. The predicted molar refractivity (Wildman–Crippen MR) is 54.6 cm³/mol. The third-order valence-corrected chi connectivity index (χ3v) is 4.74. The Hall–Kier alpha value is -0.550. The van der Waals surface area contributed by atoms with Crippen LogP contribution in [0.1, 0.15) is 13.8 Å². The van der Waals surface area contributed by atoms with Gasteiger partial charge >= 0.3 is 0 Å². The van der Waals surface area contributed by atoms with Crippen molar-refractivity contribution in [3.8, 4) is 0 Å². The van der Waals surface area contributed by atoms with Crippen LogP contribution in [-0.2, 0) is 14.8 Å². The van der Waals surface area contributed by atoms with Crippen LogP contribution in [0, 0.1) is 0 Å².